The molecule has 0 saturated heterocycles. The molecule has 0 aliphatic heterocycles. The molecule has 0 radical (unpaired) electrons. The van der Waals surface area contributed by atoms with Gasteiger partial charge in [0.05, 0.1) is 5.25 Å². The van der Waals surface area contributed by atoms with Gasteiger partial charge >= 0.3 is 0 Å². The number of rotatable bonds is 3. The standard InChI is InChI=1S/C13H16O3S/c1-9(2)17(14,15)8-12-7-11-6-4-5-10(3)13(11)16-12/h4-7,9H,8H2,1-3H3. The van der Waals surface area contributed by atoms with Crippen LogP contribution < -0.4 is 0 Å². The smallest absolute Gasteiger partial charge is 0.159 e. The number of furan rings is 1. The maximum Gasteiger partial charge on any atom is 0.159 e. The summed E-state index contributed by atoms with van der Waals surface area (Å²) in [4.78, 5) is 0. The number of aryl methyl sites for hydroxylation is 1. The zero-order chi connectivity index (χ0) is 12.6. The van der Waals surface area contributed by atoms with Crippen LogP contribution in [0.2, 0.25) is 0 Å². The molecule has 4 heteroatoms. The van der Waals surface area contributed by atoms with Gasteiger partial charge in [-0.15, -0.1) is 0 Å². The van der Waals surface area contributed by atoms with Gasteiger partial charge in [-0.1, -0.05) is 18.2 Å². The topological polar surface area (TPSA) is 47.3 Å². The molecule has 1 heterocycles. The molecule has 92 valence electrons. The molecule has 0 N–H and O–H groups in total. The Balaban J connectivity index is 2.42. The van der Waals surface area contributed by atoms with Crippen LogP contribution in [0.15, 0.2) is 28.7 Å². The van der Waals surface area contributed by atoms with Crippen molar-refractivity contribution in [1.82, 2.24) is 0 Å². The molecule has 0 fully saturated rings. The molecule has 2 aromatic rings. The fraction of sp³-hybridized carbons (Fsp3) is 0.385. The highest BCUT2D eigenvalue weighted by Gasteiger charge is 2.19. The number of para-hydroxylation sites is 1. The summed E-state index contributed by atoms with van der Waals surface area (Å²) in [6, 6.07) is 7.63. The molecule has 1 aromatic carbocycles. The summed E-state index contributed by atoms with van der Waals surface area (Å²) < 4.78 is 29.2. The van der Waals surface area contributed by atoms with Crippen molar-refractivity contribution in [1.29, 1.82) is 0 Å². The van der Waals surface area contributed by atoms with Gasteiger partial charge in [-0.05, 0) is 32.4 Å². The third-order valence-electron chi connectivity index (χ3n) is 2.85. The van der Waals surface area contributed by atoms with Crippen LogP contribution in [0.1, 0.15) is 25.2 Å². The largest absolute Gasteiger partial charge is 0.460 e. The normalized spacial score (nSPS) is 12.5. The van der Waals surface area contributed by atoms with E-state index in [2.05, 4.69) is 0 Å². The summed E-state index contributed by atoms with van der Waals surface area (Å²) in [5, 5.41) is 0.579. The highest BCUT2D eigenvalue weighted by Crippen LogP contribution is 2.24. The van der Waals surface area contributed by atoms with Crippen molar-refractivity contribution in [2.24, 2.45) is 0 Å². The maximum absolute atomic E-state index is 11.8. The van der Waals surface area contributed by atoms with E-state index in [1.165, 1.54) is 0 Å². The molecule has 0 spiro atoms. The van der Waals surface area contributed by atoms with Crippen LogP contribution in [-0.4, -0.2) is 13.7 Å². The third-order valence-corrected chi connectivity index (χ3v) is 4.98. The van der Waals surface area contributed by atoms with E-state index in [4.69, 9.17) is 4.42 Å². The molecule has 0 unspecified atom stereocenters. The average Bonchev–Trinajstić information content (AvgIpc) is 2.60. The Morgan fingerprint density at radius 3 is 2.59 bits per heavy atom. The first-order valence-corrected chi connectivity index (χ1v) is 7.31. The predicted octanol–water partition coefficient (Wildman–Crippen LogP) is 3.06. The summed E-state index contributed by atoms with van der Waals surface area (Å²) in [6.07, 6.45) is 0. The minimum Gasteiger partial charge on any atom is -0.460 e. The van der Waals surface area contributed by atoms with Crippen molar-refractivity contribution in [3.8, 4) is 0 Å². The van der Waals surface area contributed by atoms with Gasteiger partial charge in [0.2, 0.25) is 0 Å². The first-order chi connectivity index (χ1) is 7.90. The zero-order valence-corrected chi connectivity index (χ0v) is 11.0. The van der Waals surface area contributed by atoms with Gasteiger partial charge in [-0.25, -0.2) is 8.42 Å². The summed E-state index contributed by atoms with van der Waals surface area (Å²) >= 11 is 0. The summed E-state index contributed by atoms with van der Waals surface area (Å²) in [7, 11) is -3.11. The van der Waals surface area contributed by atoms with Gasteiger partial charge in [0, 0.05) is 5.39 Å². The minimum absolute atomic E-state index is 0.0290. The SMILES string of the molecule is Cc1cccc2cc(CS(=O)(=O)C(C)C)oc12. The highest BCUT2D eigenvalue weighted by molar-refractivity contribution is 7.91. The highest BCUT2D eigenvalue weighted by atomic mass is 32.2. The second-order valence-electron chi connectivity index (χ2n) is 4.56. The van der Waals surface area contributed by atoms with E-state index in [0.717, 1.165) is 16.5 Å². The second kappa shape index (κ2) is 4.18. The number of hydrogen-bond acceptors (Lipinski definition) is 3. The van der Waals surface area contributed by atoms with Crippen molar-refractivity contribution in [2.45, 2.75) is 31.8 Å². The number of benzene rings is 1. The molecule has 0 aliphatic rings. The zero-order valence-electron chi connectivity index (χ0n) is 10.2. The van der Waals surface area contributed by atoms with Gasteiger partial charge in [-0.3, -0.25) is 0 Å². The van der Waals surface area contributed by atoms with Gasteiger partial charge in [0.1, 0.15) is 17.1 Å². The Kier molecular flexibility index (Phi) is 3.00. The first-order valence-electron chi connectivity index (χ1n) is 5.60. The van der Waals surface area contributed by atoms with Crippen molar-refractivity contribution in [3.05, 3.63) is 35.6 Å². The number of sulfone groups is 1. The molecule has 0 bridgehead atoms. The second-order valence-corrected chi connectivity index (χ2v) is 7.12. The van der Waals surface area contributed by atoms with E-state index in [-0.39, 0.29) is 11.0 Å². The molecular weight excluding hydrogens is 236 g/mol. The van der Waals surface area contributed by atoms with Crippen LogP contribution in [0, 0.1) is 6.92 Å². The summed E-state index contributed by atoms with van der Waals surface area (Å²) in [6.45, 7) is 5.32. The lowest BCUT2D eigenvalue weighted by molar-refractivity contribution is 0.549. The van der Waals surface area contributed by atoms with Crippen molar-refractivity contribution in [3.63, 3.8) is 0 Å². The van der Waals surface area contributed by atoms with Crippen molar-refractivity contribution >= 4 is 20.8 Å². The van der Waals surface area contributed by atoms with E-state index in [1.807, 2.05) is 31.2 Å². The van der Waals surface area contributed by atoms with Gasteiger partial charge in [-0.2, -0.15) is 0 Å². The van der Waals surface area contributed by atoms with Gasteiger partial charge in [0.25, 0.3) is 0 Å². The number of fused-ring (bicyclic) bond motifs is 1. The monoisotopic (exact) mass is 252 g/mol. The van der Waals surface area contributed by atoms with Crippen LogP contribution in [0.3, 0.4) is 0 Å². The Morgan fingerprint density at radius 2 is 2.00 bits per heavy atom. The lowest BCUT2D eigenvalue weighted by Gasteiger charge is -2.04. The Morgan fingerprint density at radius 1 is 1.29 bits per heavy atom. The lowest BCUT2D eigenvalue weighted by atomic mass is 10.2. The van der Waals surface area contributed by atoms with E-state index >= 15 is 0 Å². The molecule has 17 heavy (non-hydrogen) atoms. The first kappa shape index (κ1) is 12.2. The van der Waals surface area contributed by atoms with Gasteiger partial charge in [0.15, 0.2) is 9.84 Å². The van der Waals surface area contributed by atoms with E-state index in [0.29, 0.717) is 5.76 Å². The Labute approximate surface area is 101 Å². The van der Waals surface area contributed by atoms with Crippen LogP contribution in [-0.2, 0) is 15.6 Å². The third kappa shape index (κ3) is 2.36. The molecular formula is C13H16O3S. The Bertz CT molecular complexity index is 636. The Hall–Kier alpha value is -1.29. The molecule has 0 atom stereocenters. The van der Waals surface area contributed by atoms with E-state index in [1.54, 1.807) is 13.8 Å². The fourth-order valence-corrected chi connectivity index (χ4v) is 2.57. The van der Waals surface area contributed by atoms with Crippen LogP contribution in [0.25, 0.3) is 11.0 Å². The van der Waals surface area contributed by atoms with Crippen molar-refractivity contribution in [2.75, 3.05) is 0 Å². The van der Waals surface area contributed by atoms with E-state index < -0.39 is 9.84 Å². The van der Waals surface area contributed by atoms with Crippen LogP contribution >= 0.6 is 0 Å². The molecule has 3 nitrogen and oxygen atoms in total. The molecule has 0 saturated carbocycles. The molecule has 0 amide bonds. The fourth-order valence-electron chi connectivity index (χ4n) is 1.70. The van der Waals surface area contributed by atoms with Crippen LogP contribution in [0.5, 0.6) is 0 Å². The summed E-state index contributed by atoms with van der Waals surface area (Å²) in [5.41, 5.74) is 1.80. The predicted molar refractivity (Wildman–Crippen MR) is 68.7 cm³/mol. The van der Waals surface area contributed by atoms with Crippen molar-refractivity contribution < 1.29 is 12.8 Å². The molecule has 1 aromatic heterocycles. The summed E-state index contributed by atoms with van der Waals surface area (Å²) in [5.74, 6) is 0.488. The quantitative estimate of drug-likeness (QED) is 0.843. The van der Waals surface area contributed by atoms with Crippen LogP contribution in [0.4, 0.5) is 0 Å². The van der Waals surface area contributed by atoms with Gasteiger partial charge < -0.3 is 4.42 Å². The average molecular weight is 252 g/mol. The maximum atomic E-state index is 11.8. The minimum atomic E-state index is -3.11. The number of hydrogen-bond donors (Lipinski definition) is 0. The lowest BCUT2D eigenvalue weighted by Crippen LogP contribution is -2.15. The molecule has 2 rings (SSSR count). The van der Waals surface area contributed by atoms with E-state index in [9.17, 15) is 8.42 Å². The molecule has 0 aliphatic carbocycles.